The molecule has 1 atom stereocenters. The van der Waals surface area contributed by atoms with Crippen LogP contribution in [0.2, 0.25) is 0 Å². The number of para-hydroxylation sites is 1. The van der Waals surface area contributed by atoms with Crippen LogP contribution in [0.5, 0.6) is 5.75 Å². The van der Waals surface area contributed by atoms with E-state index < -0.39 is 11.9 Å². The summed E-state index contributed by atoms with van der Waals surface area (Å²) in [5.74, 6) is -0.868. The van der Waals surface area contributed by atoms with Crippen LogP contribution in [0.25, 0.3) is 0 Å². The van der Waals surface area contributed by atoms with Gasteiger partial charge in [-0.15, -0.1) is 0 Å². The van der Waals surface area contributed by atoms with Crippen molar-refractivity contribution in [3.8, 4) is 5.75 Å². The SMILES string of the molecule is Cc1ccc(C(C)C)c(OCC(=O)N2CC(C(=O)O)c3ccccc32)c1. The van der Waals surface area contributed by atoms with E-state index in [2.05, 4.69) is 13.8 Å². The molecule has 3 rings (SSSR count). The largest absolute Gasteiger partial charge is 0.483 e. The summed E-state index contributed by atoms with van der Waals surface area (Å²) in [6, 6.07) is 13.1. The van der Waals surface area contributed by atoms with Gasteiger partial charge < -0.3 is 14.7 Å². The number of carboxylic acids is 1. The van der Waals surface area contributed by atoms with Gasteiger partial charge in [0.15, 0.2) is 6.61 Å². The smallest absolute Gasteiger partial charge is 0.312 e. The van der Waals surface area contributed by atoms with Gasteiger partial charge in [0, 0.05) is 12.2 Å². The van der Waals surface area contributed by atoms with Crippen LogP contribution in [-0.2, 0) is 9.59 Å². The van der Waals surface area contributed by atoms with Gasteiger partial charge in [0.1, 0.15) is 11.7 Å². The number of benzene rings is 2. The van der Waals surface area contributed by atoms with Crippen LogP contribution in [-0.4, -0.2) is 30.1 Å². The van der Waals surface area contributed by atoms with Crippen molar-refractivity contribution >= 4 is 17.6 Å². The Labute approximate surface area is 153 Å². The molecule has 0 aliphatic carbocycles. The van der Waals surface area contributed by atoms with Crippen molar-refractivity contribution in [1.29, 1.82) is 0 Å². The fourth-order valence-electron chi connectivity index (χ4n) is 3.32. The zero-order valence-electron chi connectivity index (χ0n) is 15.2. The van der Waals surface area contributed by atoms with Crippen molar-refractivity contribution in [3.63, 3.8) is 0 Å². The highest BCUT2D eigenvalue weighted by atomic mass is 16.5. The molecule has 26 heavy (non-hydrogen) atoms. The predicted octanol–water partition coefficient (Wildman–Crippen LogP) is 3.71. The molecule has 5 nitrogen and oxygen atoms in total. The number of aliphatic carboxylic acids is 1. The van der Waals surface area contributed by atoms with E-state index in [1.54, 1.807) is 18.2 Å². The number of nitrogens with zero attached hydrogens (tertiary/aromatic N) is 1. The molecule has 1 aliphatic rings. The molecular weight excluding hydrogens is 330 g/mol. The molecule has 136 valence electrons. The van der Waals surface area contributed by atoms with Crippen LogP contribution in [0.3, 0.4) is 0 Å². The second-order valence-corrected chi connectivity index (χ2v) is 6.94. The number of hydrogen-bond donors (Lipinski definition) is 1. The lowest BCUT2D eigenvalue weighted by atomic mass is 10.0. The molecule has 2 aromatic carbocycles. The van der Waals surface area contributed by atoms with Crippen LogP contribution < -0.4 is 9.64 Å². The van der Waals surface area contributed by atoms with E-state index in [4.69, 9.17) is 4.74 Å². The second kappa shape index (κ2) is 7.20. The molecule has 1 aliphatic heterocycles. The van der Waals surface area contributed by atoms with Gasteiger partial charge in [-0.25, -0.2) is 0 Å². The lowest BCUT2D eigenvalue weighted by molar-refractivity contribution is -0.138. The second-order valence-electron chi connectivity index (χ2n) is 6.94. The van der Waals surface area contributed by atoms with Gasteiger partial charge in [-0.1, -0.05) is 44.2 Å². The van der Waals surface area contributed by atoms with Gasteiger partial charge in [-0.2, -0.15) is 0 Å². The van der Waals surface area contributed by atoms with Crippen molar-refractivity contribution < 1.29 is 19.4 Å². The summed E-state index contributed by atoms with van der Waals surface area (Å²) in [6.45, 7) is 6.15. The third kappa shape index (κ3) is 3.43. The number of hydrogen-bond acceptors (Lipinski definition) is 3. The number of rotatable bonds is 5. The standard InChI is InChI=1S/C21H23NO4/c1-13(2)15-9-8-14(3)10-19(15)26-12-20(23)22-11-17(21(24)25)16-6-4-5-7-18(16)22/h4-10,13,17H,11-12H2,1-3H3,(H,24,25). The number of anilines is 1. The first-order valence-corrected chi connectivity index (χ1v) is 8.74. The molecule has 0 spiro atoms. The van der Waals surface area contributed by atoms with Crippen molar-refractivity contribution in [3.05, 3.63) is 59.2 Å². The number of carboxylic acid groups (broad SMARTS) is 1. The lowest BCUT2D eigenvalue weighted by Crippen LogP contribution is -2.35. The van der Waals surface area contributed by atoms with Crippen LogP contribution in [0.15, 0.2) is 42.5 Å². The molecule has 1 heterocycles. The van der Waals surface area contributed by atoms with Gasteiger partial charge in [-0.05, 0) is 41.7 Å². The maximum absolute atomic E-state index is 12.7. The Morgan fingerprint density at radius 2 is 1.96 bits per heavy atom. The van der Waals surface area contributed by atoms with Crippen molar-refractivity contribution in [2.45, 2.75) is 32.6 Å². The Kier molecular flexibility index (Phi) is 4.98. The van der Waals surface area contributed by atoms with Crippen LogP contribution in [0.1, 0.15) is 42.4 Å². The average Bonchev–Trinajstić information content (AvgIpc) is 2.99. The minimum Gasteiger partial charge on any atom is -0.483 e. The Hall–Kier alpha value is -2.82. The maximum atomic E-state index is 12.7. The fourth-order valence-corrected chi connectivity index (χ4v) is 3.32. The first kappa shape index (κ1) is 18.0. The van der Waals surface area contributed by atoms with E-state index in [1.807, 2.05) is 31.2 Å². The Balaban J connectivity index is 1.78. The summed E-state index contributed by atoms with van der Waals surface area (Å²) in [6.07, 6.45) is 0. The molecule has 1 N–H and O–H groups in total. The molecule has 0 saturated carbocycles. The van der Waals surface area contributed by atoms with Gasteiger partial charge in [0.05, 0.1) is 0 Å². The molecule has 5 heteroatoms. The third-order valence-electron chi connectivity index (χ3n) is 4.71. The normalized spacial score (nSPS) is 15.8. The zero-order chi connectivity index (χ0) is 18.8. The highest BCUT2D eigenvalue weighted by Gasteiger charge is 2.36. The minimum absolute atomic E-state index is 0.121. The summed E-state index contributed by atoms with van der Waals surface area (Å²) in [5.41, 5.74) is 3.44. The monoisotopic (exact) mass is 353 g/mol. The molecule has 0 fully saturated rings. The van der Waals surface area contributed by atoms with Gasteiger partial charge in [0.2, 0.25) is 0 Å². The number of carbonyl (C=O) groups is 2. The van der Waals surface area contributed by atoms with E-state index in [0.29, 0.717) is 17.0 Å². The van der Waals surface area contributed by atoms with Crippen molar-refractivity contribution in [2.24, 2.45) is 0 Å². The number of fused-ring (bicyclic) bond motifs is 1. The molecule has 2 aromatic rings. The first-order valence-electron chi connectivity index (χ1n) is 8.74. The Morgan fingerprint density at radius 3 is 2.65 bits per heavy atom. The molecule has 0 radical (unpaired) electrons. The zero-order valence-corrected chi connectivity index (χ0v) is 15.2. The van der Waals surface area contributed by atoms with Gasteiger partial charge in [-0.3, -0.25) is 9.59 Å². The minimum atomic E-state index is -0.922. The third-order valence-corrected chi connectivity index (χ3v) is 4.71. The quantitative estimate of drug-likeness (QED) is 0.890. The number of amides is 1. The van der Waals surface area contributed by atoms with Crippen molar-refractivity contribution in [2.75, 3.05) is 18.1 Å². The molecular formula is C21H23NO4. The van der Waals surface area contributed by atoms with E-state index in [9.17, 15) is 14.7 Å². The summed E-state index contributed by atoms with van der Waals surface area (Å²) in [4.78, 5) is 25.7. The summed E-state index contributed by atoms with van der Waals surface area (Å²) in [7, 11) is 0. The average molecular weight is 353 g/mol. The maximum Gasteiger partial charge on any atom is 0.312 e. The summed E-state index contributed by atoms with van der Waals surface area (Å²) in [5, 5.41) is 9.43. The Bertz CT molecular complexity index is 844. The van der Waals surface area contributed by atoms with E-state index in [-0.39, 0.29) is 25.0 Å². The summed E-state index contributed by atoms with van der Waals surface area (Å²) < 4.78 is 5.83. The van der Waals surface area contributed by atoms with Gasteiger partial charge in [0.25, 0.3) is 5.91 Å². The molecule has 0 saturated heterocycles. The predicted molar refractivity (Wildman–Crippen MR) is 99.9 cm³/mol. The van der Waals surface area contributed by atoms with Crippen LogP contribution in [0, 0.1) is 6.92 Å². The molecule has 0 bridgehead atoms. The highest BCUT2D eigenvalue weighted by molar-refractivity contribution is 5.99. The topological polar surface area (TPSA) is 66.8 Å². The number of aryl methyl sites for hydroxylation is 1. The van der Waals surface area contributed by atoms with E-state index in [0.717, 1.165) is 11.1 Å². The van der Waals surface area contributed by atoms with Gasteiger partial charge >= 0.3 is 5.97 Å². The number of carbonyl (C=O) groups excluding carboxylic acids is 1. The Morgan fingerprint density at radius 1 is 1.23 bits per heavy atom. The number of ether oxygens (including phenoxy) is 1. The fraction of sp³-hybridized carbons (Fsp3) is 0.333. The molecule has 1 amide bonds. The van der Waals surface area contributed by atoms with E-state index in [1.165, 1.54) is 4.90 Å². The highest BCUT2D eigenvalue weighted by Crippen LogP contribution is 2.36. The van der Waals surface area contributed by atoms with Crippen molar-refractivity contribution in [1.82, 2.24) is 0 Å². The van der Waals surface area contributed by atoms with E-state index >= 15 is 0 Å². The lowest BCUT2D eigenvalue weighted by Gasteiger charge is -2.19. The van der Waals surface area contributed by atoms with Crippen LogP contribution >= 0.6 is 0 Å². The first-order chi connectivity index (χ1) is 12.4. The molecule has 0 aromatic heterocycles. The summed E-state index contributed by atoms with van der Waals surface area (Å²) >= 11 is 0. The van der Waals surface area contributed by atoms with Crippen LogP contribution in [0.4, 0.5) is 5.69 Å². The molecule has 1 unspecified atom stereocenters.